The van der Waals surface area contributed by atoms with Gasteiger partial charge in [0.2, 0.25) is 5.91 Å². The Hall–Kier alpha value is -3.03. The normalized spacial score (nSPS) is 18.3. The number of ether oxygens (including phenoxy) is 1. The predicted octanol–water partition coefficient (Wildman–Crippen LogP) is 4.07. The van der Waals surface area contributed by atoms with Crippen LogP contribution in [0.3, 0.4) is 0 Å². The minimum atomic E-state index is 0.0106. The lowest BCUT2D eigenvalue weighted by molar-refractivity contribution is -0.130. The highest BCUT2D eigenvalue weighted by atomic mass is 35.5. The third-order valence-electron chi connectivity index (χ3n) is 5.77. The van der Waals surface area contributed by atoms with Crippen molar-refractivity contribution in [3.63, 3.8) is 0 Å². The van der Waals surface area contributed by atoms with Crippen molar-refractivity contribution in [3.05, 3.63) is 53.7 Å². The smallest absolute Gasteiger partial charge is 0.246 e. The highest BCUT2D eigenvalue weighted by Gasteiger charge is 2.35. The lowest BCUT2D eigenvalue weighted by atomic mass is 9.88. The van der Waals surface area contributed by atoms with Gasteiger partial charge in [0.1, 0.15) is 17.6 Å². The Kier molecular flexibility index (Phi) is 6.39. The van der Waals surface area contributed by atoms with Crippen molar-refractivity contribution >= 4 is 28.4 Å². The van der Waals surface area contributed by atoms with Crippen molar-refractivity contribution in [1.82, 2.24) is 20.0 Å². The van der Waals surface area contributed by atoms with Crippen LogP contribution in [-0.4, -0.2) is 70.8 Å². The number of phenols is 1. The fourth-order valence-electron chi connectivity index (χ4n) is 3.80. The zero-order valence-corrected chi connectivity index (χ0v) is 19.1. The number of likely N-dealkylation sites (N-methyl/N-ethyl adjacent to an activating group) is 2. The van der Waals surface area contributed by atoms with E-state index in [-0.39, 0.29) is 23.8 Å². The first-order chi connectivity index (χ1) is 15.3. The predicted molar refractivity (Wildman–Crippen MR) is 126 cm³/mol. The Balaban J connectivity index is 1.46. The van der Waals surface area contributed by atoms with Gasteiger partial charge < -0.3 is 19.6 Å². The molecule has 2 N–H and O–H groups in total. The maximum atomic E-state index is 12.4. The molecule has 1 aromatic heterocycles. The second kappa shape index (κ2) is 9.22. The van der Waals surface area contributed by atoms with E-state index in [1.54, 1.807) is 29.3 Å². The van der Waals surface area contributed by atoms with Crippen molar-refractivity contribution in [2.45, 2.75) is 25.0 Å². The third kappa shape index (κ3) is 4.74. The standard InChI is InChI=1S/C24H27ClN4O3/c1-28(2)8-4-5-24(31)29(3)16-11-18(12-16)32-23-10-15(9-22-20(23)14-26-27-22)19-7-6-17(30)13-21(19)25/h4-7,9-10,13-14,16,18,30H,8,11-12H2,1-3H3,(H,26,27)/b5-4+. The monoisotopic (exact) mass is 454 g/mol. The molecule has 0 spiro atoms. The van der Waals surface area contributed by atoms with E-state index in [0.29, 0.717) is 5.02 Å². The van der Waals surface area contributed by atoms with Gasteiger partial charge in [0.15, 0.2) is 0 Å². The Labute approximate surface area is 192 Å². The van der Waals surface area contributed by atoms with Crippen molar-refractivity contribution in [1.29, 1.82) is 0 Å². The SMILES string of the molecule is CN(C)C/C=C/C(=O)N(C)C1CC(Oc2cc(-c3ccc(O)cc3Cl)cc3[nH]ncc23)C1. The first-order valence-electron chi connectivity index (χ1n) is 10.5. The van der Waals surface area contributed by atoms with Crippen LogP contribution < -0.4 is 4.74 Å². The molecule has 0 radical (unpaired) electrons. The summed E-state index contributed by atoms with van der Waals surface area (Å²) in [6.45, 7) is 0.734. The molecule has 4 rings (SSSR count). The molecule has 8 heteroatoms. The van der Waals surface area contributed by atoms with Crippen LogP contribution in [0.2, 0.25) is 5.02 Å². The van der Waals surface area contributed by atoms with E-state index in [9.17, 15) is 9.90 Å². The fourth-order valence-corrected chi connectivity index (χ4v) is 4.09. The second-order valence-corrected chi connectivity index (χ2v) is 8.86. The van der Waals surface area contributed by atoms with Gasteiger partial charge in [-0.1, -0.05) is 17.7 Å². The summed E-state index contributed by atoms with van der Waals surface area (Å²) in [5.41, 5.74) is 2.51. The van der Waals surface area contributed by atoms with Gasteiger partial charge in [-0.2, -0.15) is 5.10 Å². The molecule has 2 aromatic carbocycles. The summed E-state index contributed by atoms with van der Waals surface area (Å²) in [7, 11) is 5.77. The summed E-state index contributed by atoms with van der Waals surface area (Å²) in [6.07, 6.45) is 6.81. The van der Waals surface area contributed by atoms with E-state index in [0.717, 1.165) is 47.2 Å². The topological polar surface area (TPSA) is 81.7 Å². The maximum absolute atomic E-state index is 12.4. The number of carbonyl (C=O) groups is 1. The number of halogens is 1. The highest BCUT2D eigenvalue weighted by Crippen LogP contribution is 2.38. The molecule has 1 heterocycles. The van der Waals surface area contributed by atoms with Crippen LogP contribution in [0.5, 0.6) is 11.5 Å². The number of benzene rings is 2. The van der Waals surface area contributed by atoms with E-state index in [1.807, 2.05) is 44.3 Å². The molecule has 1 aliphatic carbocycles. The average Bonchev–Trinajstić information content (AvgIpc) is 3.18. The van der Waals surface area contributed by atoms with Gasteiger partial charge in [0.05, 0.1) is 22.1 Å². The zero-order valence-electron chi connectivity index (χ0n) is 18.4. The van der Waals surface area contributed by atoms with Gasteiger partial charge in [-0.3, -0.25) is 9.89 Å². The van der Waals surface area contributed by atoms with Gasteiger partial charge in [-0.25, -0.2) is 0 Å². The lowest BCUT2D eigenvalue weighted by Gasteiger charge is -2.40. The first kappa shape index (κ1) is 22.2. The molecule has 32 heavy (non-hydrogen) atoms. The van der Waals surface area contributed by atoms with Gasteiger partial charge in [-0.15, -0.1) is 0 Å². The number of rotatable bonds is 7. The quantitative estimate of drug-likeness (QED) is 0.526. The molecular weight excluding hydrogens is 428 g/mol. The number of amides is 1. The van der Waals surface area contributed by atoms with Gasteiger partial charge in [0.25, 0.3) is 0 Å². The third-order valence-corrected chi connectivity index (χ3v) is 6.09. The van der Waals surface area contributed by atoms with E-state index >= 15 is 0 Å². The minimum Gasteiger partial charge on any atom is -0.508 e. The molecule has 1 aliphatic rings. The molecular formula is C24H27ClN4O3. The number of nitrogens with one attached hydrogen (secondary N) is 1. The fraction of sp³-hybridized carbons (Fsp3) is 0.333. The number of aromatic hydroxyl groups is 1. The lowest BCUT2D eigenvalue weighted by Crippen LogP contribution is -2.49. The second-order valence-electron chi connectivity index (χ2n) is 8.45. The summed E-state index contributed by atoms with van der Waals surface area (Å²) >= 11 is 6.35. The van der Waals surface area contributed by atoms with Crippen molar-refractivity contribution in [2.24, 2.45) is 0 Å². The molecule has 1 fully saturated rings. The van der Waals surface area contributed by atoms with Crippen LogP contribution in [0.4, 0.5) is 0 Å². The molecule has 0 bridgehead atoms. The van der Waals surface area contributed by atoms with Crippen molar-refractivity contribution < 1.29 is 14.6 Å². The van der Waals surface area contributed by atoms with Crippen molar-refractivity contribution in [2.75, 3.05) is 27.7 Å². The van der Waals surface area contributed by atoms with E-state index in [2.05, 4.69) is 10.2 Å². The number of nitrogens with zero attached hydrogens (tertiary/aromatic N) is 3. The van der Waals surface area contributed by atoms with Crippen LogP contribution in [0.1, 0.15) is 12.8 Å². The number of hydrogen-bond acceptors (Lipinski definition) is 5. The average molecular weight is 455 g/mol. The molecule has 0 unspecified atom stereocenters. The Morgan fingerprint density at radius 2 is 2.06 bits per heavy atom. The Morgan fingerprint density at radius 1 is 1.28 bits per heavy atom. The number of H-pyrrole nitrogens is 1. The summed E-state index contributed by atoms with van der Waals surface area (Å²) in [6, 6.07) is 8.97. The van der Waals surface area contributed by atoms with Crippen LogP contribution in [-0.2, 0) is 4.79 Å². The summed E-state index contributed by atoms with van der Waals surface area (Å²) < 4.78 is 6.31. The highest BCUT2D eigenvalue weighted by molar-refractivity contribution is 6.33. The number of carbonyl (C=O) groups excluding carboxylic acids is 1. The number of aromatic amines is 1. The van der Waals surface area contributed by atoms with E-state index in [4.69, 9.17) is 16.3 Å². The zero-order chi connectivity index (χ0) is 22.8. The van der Waals surface area contributed by atoms with Crippen molar-refractivity contribution in [3.8, 4) is 22.6 Å². The van der Waals surface area contributed by atoms with Crippen LogP contribution >= 0.6 is 11.6 Å². The molecule has 0 saturated heterocycles. The molecule has 1 saturated carbocycles. The van der Waals surface area contributed by atoms with Crippen LogP contribution in [0.25, 0.3) is 22.0 Å². The Morgan fingerprint density at radius 3 is 2.78 bits per heavy atom. The molecule has 1 amide bonds. The number of hydrogen-bond donors (Lipinski definition) is 2. The first-order valence-corrected chi connectivity index (χ1v) is 10.9. The number of fused-ring (bicyclic) bond motifs is 1. The van der Waals surface area contributed by atoms with Gasteiger partial charge >= 0.3 is 0 Å². The van der Waals surface area contributed by atoms with Gasteiger partial charge in [-0.05, 0) is 50.0 Å². The molecule has 0 atom stereocenters. The summed E-state index contributed by atoms with van der Waals surface area (Å²) in [4.78, 5) is 16.1. The number of aromatic nitrogens is 2. The molecule has 3 aromatic rings. The molecule has 168 valence electrons. The van der Waals surface area contributed by atoms with E-state index in [1.165, 1.54) is 6.07 Å². The Bertz CT molecular complexity index is 1150. The van der Waals surface area contributed by atoms with Gasteiger partial charge in [0, 0.05) is 44.1 Å². The number of phenolic OH excluding ortho intramolecular Hbond substituents is 1. The van der Waals surface area contributed by atoms with Crippen LogP contribution in [0, 0.1) is 0 Å². The largest absolute Gasteiger partial charge is 0.508 e. The summed E-state index contributed by atoms with van der Waals surface area (Å²) in [5, 5.41) is 18.2. The van der Waals surface area contributed by atoms with Crippen LogP contribution in [0.15, 0.2) is 48.7 Å². The minimum absolute atomic E-state index is 0.0106. The molecule has 0 aliphatic heterocycles. The summed E-state index contributed by atoms with van der Waals surface area (Å²) in [5.74, 6) is 0.851. The van der Waals surface area contributed by atoms with E-state index < -0.39 is 0 Å². The molecule has 7 nitrogen and oxygen atoms in total. The maximum Gasteiger partial charge on any atom is 0.246 e.